The van der Waals surface area contributed by atoms with Crippen molar-refractivity contribution < 1.29 is 19.0 Å². The summed E-state index contributed by atoms with van der Waals surface area (Å²) >= 11 is 2.86. The average molecular weight is 363 g/mol. The van der Waals surface area contributed by atoms with Gasteiger partial charge < -0.3 is 4.90 Å². The van der Waals surface area contributed by atoms with E-state index in [2.05, 4.69) is 0 Å². The maximum absolute atomic E-state index is 12.9. The third kappa shape index (κ3) is 2.75. The molecule has 0 amide bonds. The van der Waals surface area contributed by atoms with Crippen LogP contribution in [-0.2, 0) is 14.4 Å². The Hall–Kier alpha value is -1.73. The second kappa shape index (κ2) is 6.29. The third-order valence-electron chi connectivity index (χ3n) is 4.17. The Kier molecular flexibility index (Phi) is 4.48. The second-order valence-corrected chi connectivity index (χ2v) is 8.58. The molecule has 1 aliphatic heterocycles. The Morgan fingerprint density at radius 1 is 1.08 bits per heavy atom. The molecule has 3 unspecified atom stereocenters. The number of carbonyl (C=O) groups is 3. The molecule has 1 saturated carbocycles. The van der Waals surface area contributed by atoms with Gasteiger partial charge in [-0.05, 0) is 23.9 Å². The molecule has 1 aliphatic carbocycles. The lowest BCUT2D eigenvalue weighted by Gasteiger charge is -2.12. The molecule has 126 valence electrons. The van der Waals surface area contributed by atoms with Gasteiger partial charge in [0, 0.05) is 25.0 Å². The Morgan fingerprint density at radius 3 is 2.33 bits per heavy atom. The number of thioether (sulfide) groups is 1. The summed E-state index contributed by atoms with van der Waals surface area (Å²) in [5.41, 5.74) is 0. The fourth-order valence-electron chi connectivity index (χ4n) is 2.88. The van der Waals surface area contributed by atoms with Crippen molar-refractivity contribution in [1.29, 1.82) is 0 Å². The Morgan fingerprint density at radius 2 is 1.79 bits per heavy atom. The minimum absolute atomic E-state index is 0.265. The highest BCUT2D eigenvalue weighted by Crippen LogP contribution is 2.41. The summed E-state index contributed by atoms with van der Waals surface area (Å²) in [6.45, 7) is 0. The van der Waals surface area contributed by atoms with Crippen LogP contribution in [0.4, 0.5) is 5.00 Å². The number of Topliss-reactive ketones (excluding diaryl/α,β-unsaturated/α-hetero) is 3. The fourth-order valence-corrected chi connectivity index (χ4v) is 5.12. The van der Waals surface area contributed by atoms with Gasteiger partial charge in [0.1, 0.15) is 25.9 Å². The molecule has 5 nitrogen and oxygen atoms in total. The number of nitrogens with zero attached hydrogens (tertiary/aromatic N) is 2. The minimum Gasteiger partial charge on any atom is -0.370 e. The number of anilines is 1. The van der Waals surface area contributed by atoms with Gasteiger partial charge in [-0.3, -0.25) is 14.4 Å². The van der Waals surface area contributed by atoms with E-state index < -0.39 is 23.4 Å². The van der Waals surface area contributed by atoms with Gasteiger partial charge in [0.05, 0.1) is 10.3 Å². The molecule has 3 atom stereocenters. The summed E-state index contributed by atoms with van der Waals surface area (Å²) in [7, 11) is 7.63. The first-order valence-electron chi connectivity index (χ1n) is 7.59. The highest BCUT2D eigenvalue weighted by Gasteiger charge is 2.53. The molecule has 0 aromatic carbocycles. The SMILES string of the molecule is CN(C)c1ccc(C2C(=O)C(=O)C(C3C=CC(=[N+](C)C)S3)C2=O)s1. The molecule has 0 N–H and O–H groups in total. The first-order chi connectivity index (χ1) is 11.3. The van der Waals surface area contributed by atoms with Crippen LogP contribution in [0.2, 0.25) is 0 Å². The van der Waals surface area contributed by atoms with Gasteiger partial charge in [-0.1, -0.05) is 6.08 Å². The van der Waals surface area contributed by atoms with Gasteiger partial charge in [-0.2, -0.15) is 0 Å². The summed E-state index contributed by atoms with van der Waals surface area (Å²) in [5, 5.41) is 1.66. The van der Waals surface area contributed by atoms with E-state index in [-0.39, 0.29) is 11.0 Å². The molecule has 0 saturated heterocycles. The van der Waals surface area contributed by atoms with Crippen LogP contribution in [0, 0.1) is 5.92 Å². The van der Waals surface area contributed by atoms with Gasteiger partial charge >= 0.3 is 0 Å². The predicted molar refractivity (Wildman–Crippen MR) is 97.5 cm³/mol. The van der Waals surface area contributed by atoms with Crippen LogP contribution in [0.1, 0.15) is 10.8 Å². The van der Waals surface area contributed by atoms with Gasteiger partial charge in [0.2, 0.25) is 16.6 Å². The van der Waals surface area contributed by atoms with Crippen molar-refractivity contribution in [2.45, 2.75) is 11.2 Å². The molecule has 3 rings (SSSR count). The Labute approximate surface area is 149 Å². The quantitative estimate of drug-likeness (QED) is 0.464. The molecular formula is C17H19N2O3S2+. The predicted octanol–water partition coefficient (Wildman–Crippen LogP) is 1.58. The van der Waals surface area contributed by atoms with Gasteiger partial charge in [-0.15, -0.1) is 11.3 Å². The maximum atomic E-state index is 12.9. The summed E-state index contributed by atoms with van der Waals surface area (Å²) in [6.07, 6.45) is 3.76. The van der Waals surface area contributed by atoms with E-state index in [0.717, 1.165) is 10.0 Å². The van der Waals surface area contributed by atoms with Crippen LogP contribution in [0.3, 0.4) is 0 Å². The zero-order chi connectivity index (χ0) is 17.6. The van der Waals surface area contributed by atoms with Crippen LogP contribution < -0.4 is 4.90 Å². The van der Waals surface area contributed by atoms with Crippen LogP contribution in [0.5, 0.6) is 0 Å². The number of thiophene rings is 1. The number of ketones is 3. The molecule has 7 heteroatoms. The summed E-state index contributed by atoms with van der Waals surface area (Å²) < 4.78 is 1.94. The number of rotatable bonds is 3. The lowest BCUT2D eigenvalue weighted by Crippen LogP contribution is -2.27. The number of hydrogen-bond donors (Lipinski definition) is 0. The van der Waals surface area contributed by atoms with Crippen molar-refractivity contribution in [2.24, 2.45) is 5.92 Å². The first-order valence-corrected chi connectivity index (χ1v) is 9.29. The van der Waals surface area contributed by atoms with Crippen molar-refractivity contribution in [1.82, 2.24) is 0 Å². The van der Waals surface area contributed by atoms with Crippen molar-refractivity contribution >= 4 is 50.5 Å². The minimum atomic E-state index is -0.932. The summed E-state index contributed by atoms with van der Waals surface area (Å²) in [6, 6.07) is 3.66. The summed E-state index contributed by atoms with van der Waals surface area (Å²) in [4.78, 5) is 40.3. The van der Waals surface area contributed by atoms with E-state index in [4.69, 9.17) is 0 Å². The normalized spacial score (nSPS) is 26.6. The van der Waals surface area contributed by atoms with E-state index >= 15 is 0 Å². The zero-order valence-corrected chi connectivity index (χ0v) is 15.6. The van der Waals surface area contributed by atoms with Crippen LogP contribution in [-0.4, -0.2) is 60.4 Å². The average Bonchev–Trinajstić information content (AvgIpc) is 3.20. The molecule has 24 heavy (non-hydrogen) atoms. The van der Waals surface area contributed by atoms with E-state index in [9.17, 15) is 14.4 Å². The highest BCUT2D eigenvalue weighted by molar-refractivity contribution is 8.15. The van der Waals surface area contributed by atoms with E-state index in [1.165, 1.54) is 23.1 Å². The smallest absolute Gasteiger partial charge is 0.234 e. The number of carbonyl (C=O) groups excluding carboxylic acids is 3. The zero-order valence-electron chi connectivity index (χ0n) is 14.0. The highest BCUT2D eigenvalue weighted by atomic mass is 32.2. The van der Waals surface area contributed by atoms with Crippen molar-refractivity contribution in [3.05, 3.63) is 29.2 Å². The van der Waals surface area contributed by atoms with Gasteiger partial charge in [0.15, 0.2) is 5.78 Å². The summed E-state index contributed by atoms with van der Waals surface area (Å²) in [5.74, 6) is -3.18. The maximum Gasteiger partial charge on any atom is 0.234 e. The molecule has 0 radical (unpaired) electrons. The Balaban J connectivity index is 1.89. The van der Waals surface area contributed by atoms with Crippen molar-refractivity contribution in [3.8, 4) is 0 Å². The molecule has 2 heterocycles. The van der Waals surface area contributed by atoms with E-state index in [0.29, 0.717) is 4.88 Å². The Bertz CT molecular complexity index is 788. The third-order valence-corrected chi connectivity index (χ3v) is 6.93. The number of hydrogen-bond acceptors (Lipinski definition) is 6. The topological polar surface area (TPSA) is 57.5 Å². The van der Waals surface area contributed by atoms with Gasteiger partial charge in [0.25, 0.3) is 0 Å². The standard InChI is InChI=1S/C17H19N2O3S2/c1-18(2)11-7-5-9(23-11)13-15(20)14(17(22)16(13)21)10-6-8-12(24-10)19(3)4/h5-9,13-14H,1-4H3/q+1. The molecular weight excluding hydrogens is 344 g/mol. The first kappa shape index (κ1) is 17.1. The van der Waals surface area contributed by atoms with Crippen LogP contribution in [0.25, 0.3) is 0 Å². The van der Waals surface area contributed by atoms with Crippen LogP contribution >= 0.6 is 23.1 Å². The van der Waals surface area contributed by atoms with Crippen molar-refractivity contribution in [2.75, 3.05) is 33.1 Å². The molecule has 1 fully saturated rings. The molecule has 0 spiro atoms. The second-order valence-electron chi connectivity index (χ2n) is 6.29. The van der Waals surface area contributed by atoms with E-state index in [1.54, 1.807) is 6.07 Å². The molecule has 1 aromatic heterocycles. The fraction of sp³-hybridized carbons (Fsp3) is 0.412. The van der Waals surface area contributed by atoms with Gasteiger partial charge in [-0.25, -0.2) is 4.58 Å². The lowest BCUT2D eigenvalue weighted by molar-refractivity contribution is -0.460. The monoisotopic (exact) mass is 363 g/mol. The van der Waals surface area contributed by atoms with E-state index in [1.807, 2.05) is 55.9 Å². The largest absolute Gasteiger partial charge is 0.370 e. The lowest BCUT2D eigenvalue weighted by atomic mass is 9.98. The molecule has 1 aromatic rings. The van der Waals surface area contributed by atoms with Crippen LogP contribution in [0.15, 0.2) is 24.3 Å². The molecule has 0 bridgehead atoms. The molecule has 2 aliphatic rings. The van der Waals surface area contributed by atoms with Crippen molar-refractivity contribution in [3.63, 3.8) is 0 Å².